The Balaban J connectivity index is 3.58. The lowest BCUT2D eigenvalue weighted by molar-refractivity contribution is -0.893. The Morgan fingerprint density at radius 1 is 0.864 bits per heavy atom. The van der Waals surface area contributed by atoms with E-state index in [1.807, 2.05) is 6.92 Å². The largest absolute Gasteiger partial charge is 0.481 e. The quantitative estimate of drug-likeness (QED) is 0.337. The van der Waals surface area contributed by atoms with Crippen molar-refractivity contribution in [1.29, 1.82) is 0 Å². The summed E-state index contributed by atoms with van der Waals surface area (Å²) in [4.78, 5) is 11.1. The Morgan fingerprint density at radius 2 is 1.32 bits per heavy atom. The van der Waals surface area contributed by atoms with E-state index in [1.165, 1.54) is 64.2 Å². The lowest BCUT2D eigenvalue weighted by Gasteiger charge is -2.32. The molecule has 0 saturated carbocycles. The number of carboxylic acid groups (broad SMARTS) is 1. The molecule has 1 unspecified atom stereocenters. The van der Waals surface area contributed by atoms with Gasteiger partial charge in [-0.1, -0.05) is 65.2 Å². The van der Waals surface area contributed by atoms with Crippen molar-refractivity contribution >= 4 is 5.97 Å². The minimum atomic E-state index is -0.642. The molecule has 1 atom stereocenters. The molecule has 132 valence electrons. The van der Waals surface area contributed by atoms with Gasteiger partial charge in [-0.3, -0.25) is 4.79 Å². The summed E-state index contributed by atoms with van der Waals surface area (Å²) in [6.07, 6.45) is 14.3. The summed E-state index contributed by atoms with van der Waals surface area (Å²) in [6.45, 7) is 6.09. The van der Waals surface area contributed by atoms with Crippen LogP contribution < -0.4 is 0 Å². The maximum Gasteiger partial charge on any atom is 0.312 e. The zero-order valence-electron chi connectivity index (χ0n) is 15.6. The summed E-state index contributed by atoms with van der Waals surface area (Å²) in [5.41, 5.74) is 0. The predicted octanol–water partition coefficient (Wildman–Crippen LogP) is 5.09. The number of carboxylic acids is 1. The third-order valence-corrected chi connectivity index (χ3v) is 4.67. The standard InChI is InChI=1S/C19H39NO2/c1-5-7-8-9-10-11-12-13-14-15-16-20(3,4)17-18(6-2)19(21)22/h18H,5-17H2,1-4H3/p+1. The van der Waals surface area contributed by atoms with Crippen LogP contribution in [0.1, 0.15) is 84.5 Å². The molecule has 22 heavy (non-hydrogen) atoms. The van der Waals surface area contributed by atoms with Gasteiger partial charge in [0.05, 0.1) is 27.2 Å². The molecule has 0 heterocycles. The van der Waals surface area contributed by atoms with Crippen molar-refractivity contribution in [1.82, 2.24) is 0 Å². The van der Waals surface area contributed by atoms with Crippen LogP contribution in [0.5, 0.6) is 0 Å². The molecule has 0 aromatic rings. The highest BCUT2D eigenvalue weighted by Gasteiger charge is 2.25. The maximum atomic E-state index is 11.1. The summed E-state index contributed by atoms with van der Waals surface area (Å²) >= 11 is 0. The fourth-order valence-electron chi connectivity index (χ4n) is 3.10. The van der Waals surface area contributed by atoms with Crippen LogP contribution in [0.25, 0.3) is 0 Å². The first-order valence-electron chi connectivity index (χ1n) is 9.47. The van der Waals surface area contributed by atoms with Gasteiger partial charge in [-0.15, -0.1) is 0 Å². The van der Waals surface area contributed by atoms with E-state index >= 15 is 0 Å². The van der Waals surface area contributed by atoms with Crippen LogP contribution in [0.4, 0.5) is 0 Å². The Labute approximate surface area is 138 Å². The first-order chi connectivity index (χ1) is 10.4. The van der Waals surface area contributed by atoms with Gasteiger partial charge in [-0.05, 0) is 19.3 Å². The van der Waals surface area contributed by atoms with Gasteiger partial charge in [0.2, 0.25) is 0 Å². The molecule has 0 aliphatic heterocycles. The van der Waals surface area contributed by atoms with Crippen molar-refractivity contribution in [2.75, 3.05) is 27.2 Å². The average molecular weight is 315 g/mol. The second-order valence-electron chi connectivity index (χ2n) is 7.47. The van der Waals surface area contributed by atoms with Crippen LogP contribution in [0.3, 0.4) is 0 Å². The molecular formula is C19H40NO2+. The number of aliphatic carboxylic acids is 1. The van der Waals surface area contributed by atoms with Gasteiger partial charge in [0.15, 0.2) is 0 Å². The zero-order chi connectivity index (χ0) is 16.8. The molecule has 0 aromatic heterocycles. The molecule has 0 aliphatic rings. The second-order valence-corrected chi connectivity index (χ2v) is 7.47. The van der Waals surface area contributed by atoms with Gasteiger partial charge < -0.3 is 9.59 Å². The molecular weight excluding hydrogens is 274 g/mol. The summed E-state index contributed by atoms with van der Waals surface area (Å²) < 4.78 is 0.835. The fraction of sp³-hybridized carbons (Fsp3) is 0.947. The minimum Gasteiger partial charge on any atom is -0.481 e. The smallest absolute Gasteiger partial charge is 0.312 e. The number of hydrogen-bond donors (Lipinski definition) is 1. The molecule has 0 radical (unpaired) electrons. The van der Waals surface area contributed by atoms with Crippen LogP contribution >= 0.6 is 0 Å². The lowest BCUT2D eigenvalue weighted by atomic mass is 10.0. The molecule has 1 N–H and O–H groups in total. The molecule has 0 saturated heterocycles. The summed E-state index contributed by atoms with van der Waals surface area (Å²) in [5, 5.41) is 9.17. The Bertz CT molecular complexity index is 277. The van der Waals surface area contributed by atoms with E-state index in [0.29, 0.717) is 0 Å². The van der Waals surface area contributed by atoms with E-state index in [9.17, 15) is 9.90 Å². The van der Waals surface area contributed by atoms with E-state index in [2.05, 4.69) is 21.0 Å². The van der Waals surface area contributed by atoms with Gasteiger partial charge in [0.25, 0.3) is 0 Å². The van der Waals surface area contributed by atoms with E-state index < -0.39 is 5.97 Å². The highest BCUT2D eigenvalue weighted by atomic mass is 16.4. The van der Waals surface area contributed by atoms with Crippen molar-refractivity contribution < 1.29 is 14.4 Å². The highest BCUT2D eigenvalue weighted by Crippen LogP contribution is 2.14. The molecule has 0 aromatic carbocycles. The predicted molar refractivity (Wildman–Crippen MR) is 95.1 cm³/mol. The fourth-order valence-corrected chi connectivity index (χ4v) is 3.10. The molecule has 3 heteroatoms. The number of quaternary nitrogens is 1. The van der Waals surface area contributed by atoms with E-state index in [0.717, 1.165) is 24.0 Å². The van der Waals surface area contributed by atoms with Gasteiger partial charge in [0.1, 0.15) is 5.92 Å². The number of rotatable bonds is 15. The van der Waals surface area contributed by atoms with Crippen LogP contribution in [-0.2, 0) is 4.79 Å². The SMILES string of the molecule is CCCCCCCCCCCC[N+](C)(C)CC(CC)C(=O)O. The molecule has 0 bridgehead atoms. The van der Waals surface area contributed by atoms with Crippen molar-refractivity contribution in [2.24, 2.45) is 5.92 Å². The van der Waals surface area contributed by atoms with Crippen LogP contribution in [-0.4, -0.2) is 42.7 Å². The molecule has 0 amide bonds. The van der Waals surface area contributed by atoms with Gasteiger partial charge in [0, 0.05) is 0 Å². The van der Waals surface area contributed by atoms with Gasteiger partial charge in [-0.2, -0.15) is 0 Å². The van der Waals surface area contributed by atoms with E-state index in [1.54, 1.807) is 0 Å². The summed E-state index contributed by atoms with van der Waals surface area (Å²) in [5.74, 6) is -0.838. The van der Waals surface area contributed by atoms with E-state index in [4.69, 9.17) is 0 Å². The number of unbranched alkanes of at least 4 members (excludes halogenated alkanes) is 9. The van der Waals surface area contributed by atoms with Crippen LogP contribution in [0.15, 0.2) is 0 Å². The minimum absolute atomic E-state index is 0.196. The number of hydrogen-bond acceptors (Lipinski definition) is 1. The van der Waals surface area contributed by atoms with Gasteiger partial charge in [-0.25, -0.2) is 0 Å². The third kappa shape index (κ3) is 12.0. The van der Waals surface area contributed by atoms with E-state index in [-0.39, 0.29) is 5.92 Å². The average Bonchev–Trinajstić information content (AvgIpc) is 2.46. The molecule has 0 aliphatic carbocycles. The molecule has 3 nitrogen and oxygen atoms in total. The monoisotopic (exact) mass is 314 g/mol. The van der Waals surface area contributed by atoms with Crippen LogP contribution in [0.2, 0.25) is 0 Å². The maximum absolute atomic E-state index is 11.1. The van der Waals surface area contributed by atoms with Crippen molar-refractivity contribution in [2.45, 2.75) is 84.5 Å². The topological polar surface area (TPSA) is 37.3 Å². The summed E-state index contributed by atoms with van der Waals surface area (Å²) in [7, 11) is 4.33. The second kappa shape index (κ2) is 12.9. The first-order valence-corrected chi connectivity index (χ1v) is 9.47. The van der Waals surface area contributed by atoms with Crippen molar-refractivity contribution in [3.8, 4) is 0 Å². The molecule has 0 spiro atoms. The molecule has 0 rings (SSSR count). The molecule has 0 fully saturated rings. The summed E-state index contributed by atoms with van der Waals surface area (Å²) in [6, 6.07) is 0. The number of carbonyl (C=O) groups is 1. The van der Waals surface area contributed by atoms with Crippen molar-refractivity contribution in [3.63, 3.8) is 0 Å². The Hall–Kier alpha value is -0.570. The lowest BCUT2D eigenvalue weighted by Crippen LogP contribution is -2.45. The van der Waals surface area contributed by atoms with Crippen LogP contribution in [0, 0.1) is 5.92 Å². The van der Waals surface area contributed by atoms with Gasteiger partial charge >= 0.3 is 5.97 Å². The first kappa shape index (κ1) is 21.4. The Morgan fingerprint density at radius 3 is 1.73 bits per heavy atom. The highest BCUT2D eigenvalue weighted by molar-refractivity contribution is 5.69. The van der Waals surface area contributed by atoms with Crippen molar-refractivity contribution in [3.05, 3.63) is 0 Å². The zero-order valence-corrected chi connectivity index (χ0v) is 15.6. The third-order valence-electron chi connectivity index (χ3n) is 4.67. The Kier molecular flexibility index (Phi) is 12.6. The normalized spacial score (nSPS) is 13.3. The number of nitrogens with zero attached hydrogens (tertiary/aromatic N) is 1.